The van der Waals surface area contributed by atoms with E-state index in [9.17, 15) is 14.6 Å². The highest BCUT2D eigenvalue weighted by Crippen LogP contribution is 2.34. The van der Waals surface area contributed by atoms with E-state index in [2.05, 4.69) is 39.0 Å². The number of aliphatic hydroxyl groups excluding tert-OH is 2. The summed E-state index contributed by atoms with van der Waals surface area (Å²) in [6, 6.07) is 3.83. The van der Waals surface area contributed by atoms with E-state index in [-0.39, 0.29) is 18.7 Å². The van der Waals surface area contributed by atoms with Crippen LogP contribution < -0.4 is 15.1 Å². The topological polar surface area (TPSA) is 115 Å². The molecule has 5 heterocycles. The standard InChI is InChI=1S/C24H33FN8O2/c1-14(2)33-18-9-20(27-10-16(18)22(30-33)31-8-6-15(34)11-31)28-19-5-7-26-23(29-19)32-12-17(25)21(35)24(3,4)13-32/h5,7,9-10,14-15,17,21,34-35H,6,8,11-13H2,1-4H3,(H,26,27,28,29)/t15-,17-,21-/m1/s1. The summed E-state index contributed by atoms with van der Waals surface area (Å²) < 4.78 is 16.4. The van der Waals surface area contributed by atoms with Gasteiger partial charge >= 0.3 is 0 Å². The van der Waals surface area contributed by atoms with Gasteiger partial charge in [-0.1, -0.05) is 13.8 Å². The van der Waals surface area contributed by atoms with E-state index in [1.165, 1.54) is 0 Å². The van der Waals surface area contributed by atoms with Gasteiger partial charge in [0.2, 0.25) is 5.95 Å². The number of pyridine rings is 1. The van der Waals surface area contributed by atoms with Crippen LogP contribution in [0.3, 0.4) is 0 Å². The van der Waals surface area contributed by atoms with Crippen molar-refractivity contribution in [1.29, 1.82) is 0 Å². The molecule has 188 valence electrons. The van der Waals surface area contributed by atoms with Crippen molar-refractivity contribution in [2.45, 2.75) is 58.5 Å². The number of rotatable bonds is 5. The lowest BCUT2D eigenvalue weighted by Gasteiger charge is -2.43. The Morgan fingerprint density at radius 3 is 2.63 bits per heavy atom. The van der Waals surface area contributed by atoms with E-state index in [1.807, 2.05) is 24.6 Å². The Morgan fingerprint density at radius 1 is 1.14 bits per heavy atom. The fourth-order valence-corrected chi connectivity index (χ4v) is 4.95. The average molecular weight is 485 g/mol. The number of nitrogens with one attached hydrogen (secondary N) is 1. The molecule has 0 aromatic carbocycles. The van der Waals surface area contributed by atoms with Gasteiger partial charge in [0.15, 0.2) is 5.82 Å². The normalized spacial score (nSPS) is 24.5. The first-order valence-electron chi connectivity index (χ1n) is 12.1. The molecule has 3 aromatic rings. The molecule has 0 aliphatic carbocycles. The van der Waals surface area contributed by atoms with Crippen LogP contribution in [0.5, 0.6) is 0 Å². The van der Waals surface area contributed by atoms with Gasteiger partial charge in [0, 0.05) is 49.6 Å². The summed E-state index contributed by atoms with van der Waals surface area (Å²) in [5, 5.41) is 29.2. The Hall–Kier alpha value is -3.05. The van der Waals surface area contributed by atoms with Crippen LogP contribution in [0.2, 0.25) is 0 Å². The molecule has 0 amide bonds. The number of piperidine rings is 1. The molecule has 0 saturated carbocycles. The van der Waals surface area contributed by atoms with Crippen LogP contribution in [0, 0.1) is 5.41 Å². The maximum Gasteiger partial charge on any atom is 0.227 e. The summed E-state index contributed by atoms with van der Waals surface area (Å²) >= 11 is 0. The first-order valence-corrected chi connectivity index (χ1v) is 12.1. The minimum absolute atomic E-state index is 0.0415. The Morgan fingerprint density at radius 2 is 1.94 bits per heavy atom. The van der Waals surface area contributed by atoms with Crippen molar-refractivity contribution in [3.63, 3.8) is 0 Å². The van der Waals surface area contributed by atoms with Gasteiger partial charge in [0.05, 0.1) is 29.7 Å². The van der Waals surface area contributed by atoms with Crippen LogP contribution in [0.15, 0.2) is 24.5 Å². The third-order valence-electron chi connectivity index (χ3n) is 6.84. The van der Waals surface area contributed by atoms with Crippen molar-refractivity contribution in [1.82, 2.24) is 24.7 Å². The van der Waals surface area contributed by atoms with Crippen molar-refractivity contribution >= 4 is 34.3 Å². The van der Waals surface area contributed by atoms with Crippen molar-refractivity contribution in [3.8, 4) is 0 Å². The van der Waals surface area contributed by atoms with Crippen LogP contribution in [0.25, 0.3) is 10.9 Å². The van der Waals surface area contributed by atoms with Gasteiger partial charge in [-0.25, -0.2) is 14.4 Å². The van der Waals surface area contributed by atoms with Crippen molar-refractivity contribution in [2.24, 2.45) is 5.41 Å². The van der Waals surface area contributed by atoms with Crippen LogP contribution in [0.4, 0.5) is 27.8 Å². The van der Waals surface area contributed by atoms with E-state index in [0.717, 1.165) is 29.7 Å². The predicted octanol–water partition coefficient (Wildman–Crippen LogP) is 2.66. The van der Waals surface area contributed by atoms with E-state index in [0.29, 0.717) is 30.7 Å². The summed E-state index contributed by atoms with van der Waals surface area (Å²) in [6.45, 7) is 9.66. The molecule has 5 rings (SSSR count). The Kier molecular flexibility index (Phi) is 6.00. The molecule has 2 aliphatic heterocycles. The quantitative estimate of drug-likeness (QED) is 0.503. The third kappa shape index (κ3) is 4.50. The molecule has 2 fully saturated rings. The highest BCUT2D eigenvalue weighted by Gasteiger charge is 2.42. The second-order valence-electron chi connectivity index (χ2n) is 10.5. The summed E-state index contributed by atoms with van der Waals surface area (Å²) in [4.78, 5) is 17.4. The number of aliphatic hydroxyl groups is 2. The van der Waals surface area contributed by atoms with Gasteiger partial charge in [-0.15, -0.1) is 0 Å². The fourth-order valence-electron chi connectivity index (χ4n) is 4.95. The fraction of sp³-hybridized carbons (Fsp3) is 0.583. The largest absolute Gasteiger partial charge is 0.391 e. The lowest BCUT2D eigenvalue weighted by atomic mass is 9.80. The lowest BCUT2D eigenvalue weighted by molar-refractivity contribution is -0.0257. The van der Waals surface area contributed by atoms with E-state index >= 15 is 0 Å². The highest BCUT2D eigenvalue weighted by atomic mass is 19.1. The van der Waals surface area contributed by atoms with Gasteiger partial charge in [-0.2, -0.15) is 10.1 Å². The Bertz CT molecular complexity index is 1220. The third-order valence-corrected chi connectivity index (χ3v) is 6.84. The monoisotopic (exact) mass is 484 g/mol. The zero-order valence-electron chi connectivity index (χ0n) is 20.6. The molecule has 11 heteroatoms. The maximum absolute atomic E-state index is 14.4. The average Bonchev–Trinajstić information content (AvgIpc) is 3.40. The van der Waals surface area contributed by atoms with E-state index in [1.54, 1.807) is 23.4 Å². The molecule has 3 aromatic heterocycles. The van der Waals surface area contributed by atoms with Crippen LogP contribution in [0.1, 0.15) is 40.2 Å². The highest BCUT2D eigenvalue weighted by molar-refractivity contribution is 5.92. The molecule has 3 N–H and O–H groups in total. The molecular formula is C24H33FN8O2. The molecular weight excluding hydrogens is 451 g/mol. The second-order valence-corrected chi connectivity index (χ2v) is 10.5. The number of halogens is 1. The smallest absolute Gasteiger partial charge is 0.227 e. The molecule has 0 unspecified atom stereocenters. The number of anilines is 4. The molecule has 35 heavy (non-hydrogen) atoms. The Labute approximate surface area is 203 Å². The SMILES string of the molecule is CC(C)n1nc(N2CC[C@@H](O)C2)c2cnc(Nc3ccnc(N4C[C@@H](F)[C@@H](O)C(C)(C)C4)n3)cc21. The van der Waals surface area contributed by atoms with Crippen LogP contribution in [-0.4, -0.2) is 79.5 Å². The number of hydrogen-bond acceptors (Lipinski definition) is 9. The van der Waals surface area contributed by atoms with Crippen molar-refractivity contribution in [3.05, 3.63) is 24.5 Å². The van der Waals surface area contributed by atoms with E-state index in [4.69, 9.17) is 5.10 Å². The lowest BCUT2D eigenvalue weighted by Crippen LogP contribution is -2.55. The van der Waals surface area contributed by atoms with E-state index < -0.39 is 17.7 Å². The van der Waals surface area contributed by atoms with Gasteiger partial charge in [0.25, 0.3) is 0 Å². The Balaban J connectivity index is 1.42. The van der Waals surface area contributed by atoms with Crippen LogP contribution >= 0.6 is 0 Å². The zero-order valence-corrected chi connectivity index (χ0v) is 20.6. The summed E-state index contributed by atoms with van der Waals surface area (Å²) in [5.41, 5.74) is 0.324. The van der Waals surface area contributed by atoms with Gasteiger partial charge in [-0.05, 0) is 26.3 Å². The molecule has 3 atom stereocenters. The van der Waals surface area contributed by atoms with Gasteiger partial charge < -0.3 is 25.3 Å². The van der Waals surface area contributed by atoms with Crippen LogP contribution in [-0.2, 0) is 0 Å². The summed E-state index contributed by atoms with van der Waals surface area (Å²) in [5.74, 6) is 2.39. The summed E-state index contributed by atoms with van der Waals surface area (Å²) in [7, 11) is 0. The first-order chi connectivity index (χ1) is 16.6. The number of hydrogen-bond donors (Lipinski definition) is 3. The number of alkyl halides is 1. The molecule has 0 bridgehead atoms. The second kappa shape index (κ2) is 8.87. The molecule has 10 nitrogen and oxygen atoms in total. The number of aromatic nitrogens is 5. The number of fused-ring (bicyclic) bond motifs is 1. The first kappa shape index (κ1) is 23.7. The molecule has 2 saturated heterocycles. The number of β-amino-alcohol motifs (C(OH)–C–C–N with tert-alkyl or cyclic N) is 1. The number of nitrogens with zero attached hydrogens (tertiary/aromatic N) is 7. The molecule has 2 aliphatic rings. The minimum Gasteiger partial charge on any atom is -0.391 e. The van der Waals surface area contributed by atoms with Gasteiger partial charge in [-0.3, -0.25) is 4.68 Å². The summed E-state index contributed by atoms with van der Waals surface area (Å²) in [6.07, 6.45) is 1.44. The van der Waals surface area contributed by atoms with Crippen molar-refractivity contribution in [2.75, 3.05) is 41.3 Å². The predicted molar refractivity (Wildman–Crippen MR) is 133 cm³/mol. The minimum atomic E-state index is -1.37. The zero-order chi connectivity index (χ0) is 24.9. The maximum atomic E-state index is 14.4. The van der Waals surface area contributed by atoms with Gasteiger partial charge in [0.1, 0.15) is 17.8 Å². The molecule has 0 radical (unpaired) electrons. The molecule has 0 spiro atoms. The van der Waals surface area contributed by atoms with Crippen molar-refractivity contribution < 1.29 is 14.6 Å².